The summed E-state index contributed by atoms with van der Waals surface area (Å²) in [4.78, 5) is 41.5. The van der Waals surface area contributed by atoms with Gasteiger partial charge in [-0.15, -0.1) is 0 Å². The van der Waals surface area contributed by atoms with Crippen molar-refractivity contribution < 1.29 is 24.2 Å². The first-order chi connectivity index (χ1) is 22.3. The van der Waals surface area contributed by atoms with Crippen LogP contribution in [-0.2, 0) is 22.6 Å². The number of aryl methyl sites for hydroxylation is 1. The van der Waals surface area contributed by atoms with E-state index < -0.39 is 12.0 Å². The molecule has 0 aliphatic carbocycles. The largest absolute Gasteiger partial charge is 0.493 e. The monoisotopic (exact) mass is 620 g/mol. The molecule has 3 aromatic carbocycles. The van der Waals surface area contributed by atoms with Crippen LogP contribution in [0.15, 0.2) is 73.1 Å². The number of carbonyl (C=O) groups excluding carboxylic acids is 2. The number of nitrogens with zero attached hydrogens (tertiary/aromatic N) is 4. The molecule has 1 aromatic heterocycles. The number of aromatic nitrogens is 2. The molecule has 238 valence electrons. The number of likely N-dealkylation sites (tertiary alicyclic amines) is 1. The molecule has 1 saturated heterocycles. The van der Waals surface area contributed by atoms with Crippen LogP contribution < -0.4 is 9.64 Å². The van der Waals surface area contributed by atoms with Crippen LogP contribution in [0.2, 0.25) is 0 Å². The number of ether oxygens (including phenoxy) is 1. The molecule has 4 aromatic rings. The summed E-state index contributed by atoms with van der Waals surface area (Å²) in [6, 6.07) is 18.7. The Hall–Kier alpha value is -4.92. The Kier molecular flexibility index (Phi) is 9.19. The summed E-state index contributed by atoms with van der Waals surface area (Å²) in [5, 5.41) is 14.1. The fourth-order valence-corrected chi connectivity index (χ4v) is 6.59. The maximum Gasteiger partial charge on any atom is 0.326 e. The Labute approximate surface area is 269 Å². The van der Waals surface area contributed by atoms with Gasteiger partial charge in [-0.1, -0.05) is 36.4 Å². The van der Waals surface area contributed by atoms with E-state index in [1.807, 2.05) is 64.4 Å². The Morgan fingerprint density at radius 3 is 2.67 bits per heavy atom. The molecule has 6 rings (SSSR count). The maximum atomic E-state index is 13.4. The number of rotatable bonds is 10. The van der Waals surface area contributed by atoms with Gasteiger partial charge >= 0.3 is 5.97 Å². The van der Waals surface area contributed by atoms with E-state index in [9.17, 15) is 19.5 Å². The summed E-state index contributed by atoms with van der Waals surface area (Å²) in [5.74, 6) is -0.230. The number of hydrogen-bond donors (Lipinski definition) is 1. The van der Waals surface area contributed by atoms with Crippen molar-refractivity contribution in [3.8, 4) is 16.9 Å². The van der Waals surface area contributed by atoms with Gasteiger partial charge in [0.15, 0.2) is 0 Å². The summed E-state index contributed by atoms with van der Waals surface area (Å²) in [7, 11) is 0. The van der Waals surface area contributed by atoms with E-state index in [2.05, 4.69) is 31.1 Å². The molecule has 2 aliphatic heterocycles. The quantitative estimate of drug-likeness (QED) is 0.217. The van der Waals surface area contributed by atoms with Gasteiger partial charge in [0.2, 0.25) is 5.91 Å². The minimum absolute atomic E-state index is 0.108. The predicted octanol–water partition coefficient (Wildman–Crippen LogP) is 6.04. The van der Waals surface area contributed by atoms with Crippen molar-refractivity contribution in [2.45, 2.75) is 65.0 Å². The minimum Gasteiger partial charge on any atom is -0.493 e. The van der Waals surface area contributed by atoms with E-state index in [4.69, 9.17) is 4.74 Å². The van der Waals surface area contributed by atoms with Crippen LogP contribution in [-0.4, -0.2) is 63.3 Å². The van der Waals surface area contributed by atoms with Crippen molar-refractivity contribution in [3.05, 3.63) is 101 Å². The number of fused-ring (bicyclic) bond motifs is 1. The molecular weight excluding hydrogens is 580 g/mol. The molecular formula is C37H40N4O5. The molecule has 2 aliphatic rings. The zero-order valence-electron chi connectivity index (χ0n) is 26.4. The van der Waals surface area contributed by atoms with Crippen molar-refractivity contribution >= 4 is 23.5 Å². The van der Waals surface area contributed by atoms with Crippen molar-refractivity contribution in [3.63, 3.8) is 0 Å². The SMILES string of the molecule is Cc1cccc(OCCCC(=O)N2CCCc3c(-c4cnn(Cc5cccc(C(=O)N6CCC[C@H]6C(=O)O)c5)c4)cccc32)c1C. The van der Waals surface area contributed by atoms with Crippen LogP contribution in [0, 0.1) is 13.8 Å². The predicted molar refractivity (Wildman–Crippen MR) is 176 cm³/mol. The van der Waals surface area contributed by atoms with Crippen LogP contribution in [0.4, 0.5) is 5.69 Å². The summed E-state index contributed by atoms with van der Waals surface area (Å²) in [6.07, 6.45) is 7.86. The Morgan fingerprint density at radius 2 is 1.83 bits per heavy atom. The molecule has 2 amide bonds. The maximum absolute atomic E-state index is 13.4. The summed E-state index contributed by atoms with van der Waals surface area (Å²) in [5.41, 5.74) is 7.86. The lowest BCUT2D eigenvalue weighted by Gasteiger charge is -2.31. The van der Waals surface area contributed by atoms with Gasteiger partial charge in [-0.05, 0) is 98.0 Å². The molecule has 1 N–H and O–H groups in total. The van der Waals surface area contributed by atoms with E-state index in [0.29, 0.717) is 57.5 Å². The number of anilines is 1. The molecule has 0 saturated carbocycles. The van der Waals surface area contributed by atoms with E-state index in [1.165, 1.54) is 10.5 Å². The van der Waals surface area contributed by atoms with Gasteiger partial charge in [0.25, 0.3) is 5.91 Å². The summed E-state index contributed by atoms with van der Waals surface area (Å²) in [6.45, 7) is 6.23. The Bertz CT molecular complexity index is 1760. The van der Waals surface area contributed by atoms with E-state index in [-0.39, 0.29) is 11.8 Å². The third-order valence-electron chi connectivity index (χ3n) is 9.16. The lowest BCUT2D eigenvalue weighted by Crippen LogP contribution is -2.40. The average Bonchev–Trinajstić information content (AvgIpc) is 3.75. The van der Waals surface area contributed by atoms with E-state index >= 15 is 0 Å². The number of benzene rings is 3. The average molecular weight is 621 g/mol. The topological polar surface area (TPSA) is 105 Å². The van der Waals surface area contributed by atoms with Gasteiger partial charge in [0, 0.05) is 42.5 Å². The van der Waals surface area contributed by atoms with Crippen LogP contribution in [0.1, 0.15) is 64.7 Å². The molecule has 0 spiro atoms. The standard InChI is InChI=1S/C37H40N4O5/c1-25-9-3-16-34(26(25)2)46-20-8-17-35(42)40-18-6-13-31-30(12-5-14-32(31)40)29-22-38-39(24-29)23-27-10-4-11-28(21-27)36(43)41-19-7-15-33(41)37(44)45/h3-5,9-12,14,16,21-22,24,33H,6-8,13,15,17-20,23H2,1-2H3,(H,44,45)/t33-/m0/s1. The molecule has 0 radical (unpaired) electrons. The van der Waals surface area contributed by atoms with Crippen LogP contribution in [0.5, 0.6) is 5.75 Å². The van der Waals surface area contributed by atoms with Crippen LogP contribution in [0.3, 0.4) is 0 Å². The molecule has 9 heteroatoms. The third-order valence-corrected chi connectivity index (χ3v) is 9.16. The lowest BCUT2D eigenvalue weighted by molar-refractivity contribution is -0.141. The number of carboxylic acids is 1. The fourth-order valence-electron chi connectivity index (χ4n) is 6.59. The van der Waals surface area contributed by atoms with Crippen molar-refractivity contribution in [1.82, 2.24) is 14.7 Å². The number of hydrogen-bond acceptors (Lipinski definition) is 5. The molecule has 46 heavy (non-hydrogen) atoms. The molecule has 0 unspecified atom stereocenters. The molecule has 3 heterocycles. The Balaban J connectivity index is 1.11. The third kappa shape index (κ3) is 6.54. The highest BCUT2D eigenvalue weighted by atomic mass is 16.5. The van der Waals surface area contributed by atoms with Gasteiger partial charge in [0.1, 0.15) is 11.8 Å². The van der Waals surface area contributed by atoms with E-state index in [1.54, 1.807) is 6.07 Å². The zero-order valence-corrected chi connectivity index (χ0v) is 26.4. The van der Waals surface area contributed by atoms with Gasteiger partial charge in [-0.2, -0.15) is 5.10 Å². The highest BCUT2D eigenvalue weighted by Crippen LogP contribution is 2.36. The van der Waals surface area contributed by atoms with Gasteiger partial charge in [-0.25, -0.2) is 4.79 Å². The first kappa shape index (κ1) is 31.1. The van der Waals surface area contributed by atoms with Gasteiger partial charge in [0.05, 0.1) is 19.3 Å². The summed E-state index contributed by atoms with van der Waals surface area (Å²) >= 11 is 0. The second-order valence-corrected chi connectivity index (χ2v) is 12.2. The van der Waals surface area contributed by atoms with Gasteiger partial charge in [-0.3, -0.25) is 14.3 Å². The fraction of sp³-hybridized carbons (Fsp3) is 0.351. The molecule has 1 atom stereocenters. The minimum atomic E-state index is -0.958. The lowest BCUT2D eigenvalue weighted by atomic mass is 9.93. The first-order valence-corrected chi connectivity index (χ1v) is 16.1. The zero-order chi connectivity index (χ0) is 32.2. The normalized spacial score (nSPS) is 15.9. The van der Waals surface area contributed by atoms with Gasteiger partial charge < -0.3 is 19.6 Å². The molecule has 9 nitrogen and oxygen atoms in total. The van der Waals surface area contributed by atoms with Crippen molar-refractivity contribution in [2.75, 3.05) is 24.6 Å². The van der Waals surface area contributed by atoms with Crippen LogP contribution in [0.25, 0.3) is 11.1 Å². The second-order valence-electron chi connectivity index (χ2n) is 12.2. The van der Waals surface area contributed by atoms with Crippen molar-refractivity contribution in [1.29, 1.82) is 0 Å². The van der Waals surface area contributed by atoms with Crippen molar-refractivity contribution in [2.24, 2.45) is 0 Å². The van der Waals surface area contributed by atoms with Crippen LogP contribution >= 0.6 is 0 Å². The highest BCUT2D eigenvalue weighted by Gasteiger charge is 2.34. The molecule has 0 bridgehead atoms. The second kappa shape index (κ2) is 13.6. The number of aliphatic carboxylic acids is 1. The number of carbonyl (C=O) groups is 3. The Morgan fingerprint density at radius 1 is 1.00 bits per heavy atom. The first-order valence-electron chi connectivity index (χ1n) is 16.1. The highest BCUT2D eigenvalue weighted by molar-refractivity contribution is 5.97. The number of amides is 2. The molecule has 1 fully saturated rings. The number of carboxylic acid groups (broad SMARTS) is 1. The smallest absolute Gasteiger partial charge is 0.326 e. The summed E-state index contributed by atoms with van der Waals surface area (Å²) < 4.78 is 7.82. The van der Waals surface area contributed by atoms with E-state index in [0.717, 1.165) is 52.1 Å².